The summed E-state index contributed by atoms with van der Waals surface area (Å²) in [5.74, 6) is -5.14. The summed E-state index contributed by atoms with van der Waals surface area (Å²) in [6.07, 6.45) is 0.531. The zero-order chi connectivity index (χ0) is 38.7. The van der Waals surface area contributed by atoms with Crippen LogP contribution in [-0.4, -0.2) is 82.3 Å². The number of nitrogens with zero attached hydrogens (tertiary/aromatic N) is 1. The van der Waals surface area contributed by atoms with Gasteiger partial charge in [-0.05, 0) is 60.4 Å². The molecule has 0 saturated carbocycles. The van der Waals surface area contributed by atoms with Gasteiger partial charge in [-0.15, -0.1) is 0 Å². The van der Waals surface area contributed by atoms with E-state index in [1.54, 1.807) is 58.0 Å². The number of carbonyl (C=O) groups excluding carboxylic acids is 6. The Morgan fingerprint density at radius 2 is 1.58 bits per heavy atom. The predicted octanol–water partition coefficient (Wildman–Crippen LogP) is 2.68. The van der Waals surface area contributed by atoms with Gasteiger partial charge in [0.05, 0.1) is 12.8 Å². The van der Waals surface area contributed by atoms with E-state index in [-0.39, 0.29) is 13.0 Å². The molecule has 1 heterocycles. The molecule has 1 saturated heterocycles. The molecule has 5 atom stereocenters. The first-order valence-electron chi connectivity index (χ1n) is 17.4. The van der Waals surface area contributed by atoms with E-state index in [1.807, 2.05) is 32.0 Å². The number of nitrogens with one attached hydrogen (secondary N) is 5. The van der Waals surface area contributed by atoms with E-state index in [0.29, 0.717) is 36.2 Å². The summed E-state index contributed by atoms with van der Waals surface area (Å²) in [5.41, 5.74) is 7.30. The lowest BCUT2D eigenvalue weighted by Gasteiger charge is -2.33. The highest BCUT2D eigenvalue weighted by Crippen LogP contribution is 2.23. The van der Waals surface area contributed by atoms with Crippen molar-refractivity contribution in [3.63, 3.8) is 0 Å². The van der Waals surface area contributed by atoms with Crippen molar-refractivity contribution in [1.82, 2.24) is 20.9 Å². The summed E-state index contributed by atoms with van der Waals surface area (Å²) in [4.78, 5) is 91.5. The fourth-order valence-electron chi connectivity index (χ4n) is 5.86. The molecule has 2 aromatic rings. The number of rotatable bonds is 15. The summed E-state index contributed by atoms with van der Waals surface area (Å²) < 4.78 is 0. The van der Waals surface area contributed by atoms with Gasteiger partial charge < -0.3 is 42.3 Å². The molecule has 1 aliphatic heterocycles. The van der Waals surface area contributed by atoms with Gasteiger partial charge in [0, 0.05) is 17.9 Å². The van der Waals surface area contributed by atoms with Crippen LogP contribution in [0.5, 0.6) is 0 Å². The number of urea groups is 1. The average molecular weight is 722 g/mol. The van der Waals surface area contributed by atoms with Crippen LogP contribution < -0.4 is 32.3 Å². The third-order valence-corrected chi connectivity index (χ3v) is 9.06. The van der Waals surface area contributed by atoms with Gasteiger partial charge in [0.1, 0.15) is 24.2 Å². The topological polar surface area (TPSA) is 229 Å². The summed E-state index contributed by atoms with van der Waals surface area (Å²) in [5, 5.41) is 22.9. The van der Waals surface area contributed by atoms with Crippen molar-refractivity contribution in [2.24, 2.45) is 17.1 Å². The quantitative estimate of drug-likeness (QED) is 0.144. The van der Waals surface area contributed by atoms with Crippen molar-refractivity contribution >= 4 is 52.9 Å². The number of aryl methyl sites for hydroxylation is 1. The van der Waals surface area contributed by atoms with E-state index in [2.05, 4.69) is 26.6 Å². The highest BCUT2D eigenvalue weighted by Gasteiger charge is 2.40. The van der Waals surface area contributed by atoms with Crippen LogP contribution in [0, 0.1) is 18.3 Å². The van der Waals surface area contributed by atoms with Crippen molar-refractivity contribution < 1.29 is 38.7 Å². The van der Waals surface area contributed by atoms with E-state index < -0.39 is 83.5 Å². The first-order chi connectivity index (χ1) is 24.4. The van der Waals surface area contributed by atoms with Crippen molar-refractivity contribution in [3.05, 3.63) is 59.7 Å². The number of carboxylic acid groups (broad SMARTS) is 1. The number of hydrogen-bond acceptors (Lipinski definition) is 7. The van der Waals surface area contributed by atoms with Gasteiger partial charge in [-0.2, -0.15) is 0 Å². The second-order valence-electron chi connectivity index (χ2n) is 14.3. The monoisotopic (exact) mass is 721 g/mol. The number of nitrogens with two attached hydrogens (primary N) is 1. The molecule has 0 radical (unpaired) electrons. The van der Waals surface area contributed by atoms with Crippen LogP contribution in [0.2, 0.25) is 0 Å². The molecule has 282 valence electrons. The van der Waals surface area contributed by atoms with Crippen molar-refractivity contribution in [1.29, 1.82) is 0 Å². The molecule has 0 aliphatic carbocycles. The summed E-state index contributed by atoms with van der Waals surface area (Å²) >= 11 is 0. The van der Waals surface area contributed by atoms with Crippen LogP contribution in [0.25, 0.3) is 0 Å². The lowest BCUT2D eigenvalue weighted by Crippen LogP contribution is -2.61. The van der Waals surface area contributed by atoms with Crippen molar-refractivity contribution in [2.45, 2.75) is 97.8 Å². The molecule has 1 aliphatic rings. The molecular weight excluding hydrogens is 670 g/mol. The third kappa shape index (κ3) is 11.5. The maximum Gasteiger partial charge on any atom is 0.323 e. The molecule has 1 unspecified atom stereocenters. The largest absolute Gasteiger partial charge is 0.481 e. The number of para-hydroxylation sites is 1. The Morgan fingerprint density at radius 1 is 0.923 bits per heavy atom. The number of likely N-dealkylation sites (tertiary alicyclic amines) is 1. The molecule has 7 amide bonds. The number of carboxylic acids is 1. The zero-order valence-corrected chi connectivity index (χ0v) is 30.6. The molecule has 0 aromatic heterocycles. The number of primary amides is 1. The van der Waals surface area contributed by atoms with Crippen LogP contribution in [-0.2, 0) is 35.2 Å². The van der Waals surface area contributed by atoms with Crippen LogP contribution >= 0.6 is 0 Å². The molecule has 1 fully saturated rings. The Morgan fingerprint density at radius 3 is 2.15 bits per heavy atom. The molecule has 15 nitrogen and oxygen atoms in total. The molecule has 2 aromatic carbocycles. The number of amides is 7. The Labute approximate surface area is 303 Å². The van der Waals surface area contributed by atoms with Gasteiger partial charge in [-0.25, -0.2) is 4.79 Å². The lowest BCUT2D eigenvalue weighted by molar-refractivity contribution is -0.144. The Kier molecular flexibility index (Phi) is 14.3. The molecule has 52 heavy (non-hydrogen) atoms. The summed E-state index contributed by atoms with van der Waals surface area (Å²) in [7, 11) is 0. The predicted molar refractivity (Wildman–Crippen MR) is 195 cm³/mol. The number of benzene rings is 2. The minimum atomic E-state index is -1.58. The first-order valence-corrected chi connectivity index (χ1v) is 17.4. The Bertz CT molecular complexity index is 1640. The van der Waals surface area contributed by atoms with E-state index in [9.17, 15) is 38.7 Å². The normalized spacial score (nSPS) is 16.4. The molecule has 0 bridgehead atoms. The fourth-order valence-corrected chi connectivity index (χ4v) is 5.86. The molecular formula is C37H51N7O8. The van der Waals surface area contributed by atoms with E-state index in [4.69, 9.17) is 5.73 Å². The Hall–Kier alpha value is -5.47. The van der Waals surface area contributed by atoms with Crippen LogP contribution in [0.15, 0.2) is 48.5 Å². The van der Waals surface area contributed by atoms with Crippen LogP contribution in [0.4, 0.5) is 16.2 Å². The first kappa shape index (κ1) is 41.0. The molecule has 15 heteroatoms. The number of hydrogen-bond donors (Lipinski definition) is 7. The van der Waals surface area contributed by atoms with Crippen LogP contribution in [0.3, 0.4) is 0 Å². The molecule has 3 rings (SSSR count). The number of anilines is 2. The fraction of sp³-hybridized carbons (Fsp3) is 0.486. The van der Waals surface area contributed by atoms with Gasteiger partial charge in [0.25, 0.3) is 0 Å². The second kappa shape index (κ2) is 18.1. The third-order valence-electron chi connectivity index (χ3n) is 9.06. The summed E-state index contributed by atoms with van der Waals surface area (Å²) in [6, 6.07) is 8.82. The standard InChI is InChI=1S/C37H51N7O8/c1-7-21(2)30(35(51)44-18-10-13-27(44)32(38)48)43-33(49)26(20-29(46)47)40-34(50)31(37(4,5)6)42-28(45)19-23-14-16-24(17-15-23)39-36(52)41-25-12-9-8-11-22(25)3/h8-9,11-12,14-17,21,26-27,30-31H,7,10,13,18-20H2,1-6H3,(H2,38,48)(H,40,50)(H,42,45)(H,43,49)(H,46,47)(H2,39,41,52)/t21?,26-,27-,30-,31+/m0/s1. The second-order valence-corrected chi connectivity index (χ2v) is 14.3. The maximum atomic E-state index is 13.6. The van der Waals surface area contributed by atoms with Gasteiger partial charge in [-0.1, -0.05) is 71.4 Å². The smallest absolute Gasteiger partial charge is 0.323 e. The minimum Gasteiger partial charge on any atom is -0.481 e. The summed E-state index contributed by atoms with van der Waals surface area (Å²) in [6.45, 7) is 10.8. The highest BCUT2D eigenvalue weighted by molar-refractivity contribution is 6.00. The SMILES string of the molecule is CCC(C)[C@H](NC(=O)[C@H](CC(=O)O)NC(=O)[C@@H](NC(=O)Cc1ccc(NC(=O)Nc2ccccc2C)cc1)C(C)(C)C)C(=O)N1CCC[C@H]1C(N)=O. The van der Waals surface area contributed by atoms with Crippen molar-refractivity contribution in [2.75, 3.05) is 17.2 Å². The highest BCUT2D eigenvalue weighted by atomic mass is 16.4. The van der Waals surface area contributed by atoms with Gasteiger partial charge >= 0.3 is 12.0 Å². The van der Waals surface area contributed by atoms with E-state index >= 15 is 0 Å². The minimum absolute atomic E-state index is 0.115. The van der Waals surface area contributed by atoms with Gasteiger partial charge in [0.2, 0.25) is 29.5 Å². The van der Waals surface area contributed by atoms with Crippen molar-refractivity contribution in [3.8, 4) is 0 Å². The molecule has 8 N–H and O–H groups in total. The lowest BCUT2D eigenvalue weighted by atomic mass is 9.85. The van der Waals surface area contributed by atoms with Gasteiger partial charge in [-0.3, -0.25) is 28.8 Å². The van der Waals surface area contributed by atoms with E-state index in [0.717, 1.165) is 5.56 Å². The Balaban J connectivity index is 1.68. The zero-order valence-electron chi connectivity index (χ0n) is 30.6. The average Bonchev–Trinajstić information content (AvgIpc) is 3.57. The van der Waals surface area contributed by atoms with E-state index in [1.165, 1.54) is 4.90 Å². The molecule has 0 spiro atoms. The van der Waals surface area contributed by atoms with Crippen LogP contribution in [0.1, 0.15) is 71.4 Å². The van der Waals surface area contributed by atoms with Gasteiger partial charge in [0.15, 0.2) is 0 Å². The maximum absolute atomic E-state index is 13.6. The number of aliphatic carboxylic acids is 1. The number of carbonyl (C=O) groups is 7.